The number of rotatable bonds is 3. The lowest BCUT2D eigenvalue weighted by Gasteiger charge is -2.45. The third-order valence-electron chi connectivity index (χ3n) is 5.84. The normalized spacial score (nSPS) is 20.6. The van der Waals surface area contributed by atoms with Crippen LogP contribution in [0.5, 0.6) is 0 Å². The highest BCUT2D eigenvalue weighted by Crippen LogP contribution is 2.45. The van der Waals surface area contributed by atoms with Crippen molar-refractivity contribution < 1.29 is 4.79 Å². The molecule has 24 heavy (non-hydrogen) atoms. The van der Waals surface area contributed by atoms with Crippen molar-refractivity contribution in [1.82, 2.24) is 19.7 Å². The second kappa shape index (κ2) is 6.04. The van der Waals surface area contributed by atoms with Crippen LogP contribution >= 0.6 is 0 Å². The minimum Gasteiger partial charge on any atom is -0.342 e. The Morgan fingerprint density at radius 2 is 1.88 bits per heavy atom. The molecule has 4 rings (SSSR count). The Labute approximate surface area is 142 Å². The first-order valence-corrected chi connectivity index (χ1v) is 8.89. The number of carbonyl (C=O) groups excluding carboxylic acids is 1. The predicted octanol–water partition coefficient (Wildman–Crippen LogP) is 2.64. The van der Waals surface area contributed by atoms with Gasteiger partial charge in [-0.05, 0) is 31.2 Å². The van der Waals surface area contributed by atoms with Crippen molar-refractivity contribution in [3.63, 3.8) is 0 Å². The zero-order chi connectivity index (χ0) is 16.6. The van der Waals surface area contributed by atoms with Crippen molar-refractivity contribution in [2.75, 3.05) is 13.1 Å². The van der Waals surface area contributed by atoms with Crippen molar-refractivity contribution in [1.29, 1.82) is 0 Å². The first kappa shape index (κ1) is 15.4. The Morgan fingerprint density at radius 1 is 1.17 bits per heavy atom. The molecule has 1 aliphatic carbocycles. The van der Waals surface area contributed by atoms with Crippen LogP contribution in [0.1, 0.15) is 49.4 Å². The number of hydrogen-bond donors (Lipinski definition) is 0. The number of aryl methyl sites for hydroxylation is 1. The highest BCUT2D eigenvalue weighted by atomic mass is 16.2. The number of benzene rings is 1. The summed E-state index contributed by atoms with van der Waals surface area (Å²) in [6, 6.07) is 10.3. The Morgan fingerprint density at radius 3 is 2.42 bits per heavy atom. The molecule has 1 aliphatic heterocycles. The molecule has 2 aromatic rings. The third-order valence-corrected chi connectivity index (χ3v) is 5.84. The van der Waals surface area contributed by atoms with E-state index in [2.05, 4.69) is 27.2 Å². The molecule has 1 saturated heterocycles. The molecule has 1 aromatic heterocycles. The summed E-state index contributed by atoms with van der Waals surface area (Å²) < 4.78 is 2.00. The third kappa shape index (κ3) is 2.43. The number of nitrogens with zero attached hydrogens (tertiary/aromatic N) is 4. The lowest BCUT2D eigenvalue weighted by Crippen LogP contribution is -2.52. The molecule has 0 atom stereocenters. The van der Waals surface area contributed by atoms with E-state index in [1.807, 2.05) is 29.8 Å². The Kier molecular flexibility index (Phi) is 3.87. The number of carbonyl (C=O) groups is 1. The summed E-state index contributed by atoms with van der Waals surface area (Å²) in [6.07, 6.45) is 6.83. The Hall–Kier alpha value is -2.17. The molecule has 0 radical (unpaired) electrons. The molecule has 1 saturated carbocycles. The molecule has 0 N–H and O–H groups in total. The average Bonchev–Trinajstić information content (AvgIpc) is 3.01. The van der Waals surface area contributed by atoms with Gasteiger partial charge in [0.1, 0.15) is 12.2 Å². The molecule has 1 aromatic carbocycles. The SMILES string of the molecule is Cn1cnnc1C1CCN(C(=O)C2(c3ccccc3)CCC2)CC1. The smallest absolute Gasteiger partial charge is 0.233 e. The van der Waals surface area contributed by atoms with E-state index < -0.39 is 0 Å². The molecule has 0 spiro atoms. The van der Waals surface area contributed by atoms with Crippen LogP contribution in [0.3, 0.4) is 0 Å². The summed E-state index contributed by atoms with van der Waals surface area (Å²) >= 11 is 0. The first-order chi connectivity index (χ1) is 11.7. The highest BCUT2D eigenvalue weighted by molar-refractivity contribution is 5.89. The van der Waals surface area contributed by atoms with Gasteiger partial charge in [0, 0.05) is 26.1 Å². The van der Waals surface area contributed by atoms with E-state index in [0.717, 1.165) is 51.0 Å². The fraction of sp³-hybridized carbons (Fsp3) is 0.526. The van der Waals surface area contributed by atoms with E-state index in [-0.39, 0.29) is 5.41 Å². The summed E-state index contributed by atoms with van der Waals surface area (Å²) in [4.78, 5) is 15.3. The van der Waals surface area contributed by atoms with Gasteiger partial charge in [0.25, 0.3) is 0 Å². The van der Waals surface area contributed by atoms with Crippen molar-refractivity contribution in [2.45, 2.75) is 43.4 Å². The molecule has 2 heterocycles. The molecule has 5 heteroatoms. The molecule has 2 aliphatic rings. The molecule has 5 nitrogen and oxygen atoms in total. The van der Waals surface area contributed by atoms with Gasteiger partial charge in [0.2, 0.25) is 5.91 Å². The first-order valence-electron chi connectivity index (χ1n) is 8.89. The van der Waals surface area contributed by atoms with Crippen molar-refractivity contribution in [3.05, 3.63) is 48.0 Å². The Balaban J connectivity index is 1.47. The zero-order valence-electron chi connectivity index (χ0n) is 14.2. The van der Waals surface area contributed by atoms with Gasteiger partial charge in [-0.15, -0.1) is 10.2 Å². The summed E-state index contributed by atoms with van der Waals surface area (Å²) in [6.45, 7) is 1.65. The minimum absolute atomic E-state index is 0.265. The summed E-state index contributed by atoms with van der Waals surface area (Å²) in [5.41, 5.74) is 0.926. The van der Waals surface area contributed by atoms with Crippen LogP contribution in [-0.4, -0.2) is 38.7 Å². The molecule has 0 bridgehead atoms. The van der Waals surface area contributed by atoms with Crippen LogP contribution in [0.4, 0.5) is 0 Å². The maximum absolute atomic E-state index is 13.3. The van der Waals surface area contributed by atoms with Crippen LogP contribution in [0.2, 0.25) is 0 Å². The van der Waals surface area contributed by atoms with Crippen molar-refractivity contribution in [2.24, 2.45) is 7.05 Å². The van der Waals surface area contributed by atoms with E-state index in [0.29, 0.717) is 11.8 Å². The van der Waals surface area contributed by atoms with E-state index in [1.54, 1.807) is 6.33 Å². The fourth-order valence-corrected chi connectivity index (χ4v) is 4.22. The summed E-state index contributed by atoms with van der Waals surface area (Å²) in [5, 5.41) is 8.23. The second-order valence-corrected chi connectivity index (χ2v) is 7.17. The van der Waals surface area contributed by atoms with Gasteiger partial charge < -0.3 is 9.47 Å². The predicted molar refractivity (Wildman–Crippen MR) is 91.5 cm³/mol. The van der Waals surface area contributed by atoms with Gasteiger partial charge in [-0.2, -0.15) is 0 Å². The van der Waals surface area contributed by atoms with Gasteiger partial charge in [-0.1, -0.05) is 36.8 Å². The van der Waals surface area contributed by atoms with Gasteiger partial charge in [0.15, 0.2) is 0 Å². The molecule has 126 valence electrons. The molecule has 1 amide bonds. The maximum Gasteiger partial charge on any atom is 0.233 e. The van der Waals surface area contributed by atoms with E-state index in [1.165, 1.54) is 5.56 Å². The number of amides is 1. The van der Waals surface area contributed by atoms with Crippen LogP contribution < -0.4 is 0 Å². The van der Waals surface area contributed by atoms with E-state index in [4.69, 9.17) is 0 Å². The second-order valence-electron chi connectivity index (χ2n) is 7.17. The summed E-state index contributed by atoms with van der Waals surface area (Å²) in [7, 11) is 1.99. The topological polar surface area (TPSA) is 51.0 Å². The minimum atomic E-state index is -0.265. The monoisotopic (exact) mass is 324 g/mol. The van der Waals surface area contributed by atoms with Gasteiger partial charge >= 0.3 is 0 Å². The van der Waals surface area contributed by atoms with E-state index >= 15 is 0 Å². The van der Waals surface area contributed by atoms with Crippen LogP contribution in [0, 0.1) is 0 Å². The Bertz CT molecular complexity index is 712. The number of likely N-dealkylation sites (tertiary alicyclic amines) is 1. The lowest BCUT2D eigenvalue weighted by molar-refractivity contribution is -0.142. The van der Waals surface area contributed by atoms with Gasteiger partial charge in [-0.3, -0.25) is 4.79 Å². The average molecular weight is 324 g/mol. The lowest BCUT2D eigenvalue weighted by atomic mass is 9.63. The van der Waals surface area contributed by atoms with Gasteiger partial charge in [0.05, 0.1) is 5.41 Å². The zero-order valence-corrected chi connectivity index (χ0v) is 14.2. The molecular weight excluding hydrogens is 300 g/mol. The standard InChI is InChI=1S/C19H24N4O/c1-22-14-20-21-17(22)15-8-12-23(13-9-15)18(24)19(10-5-11-19)16-6-3-2-4-7-16/h2-4,6-7,14-15H,5,8-13H2,1H3. The van der Waals surface area contributed by atoms with Crippen LogP contribution in [0.25, 0.3) is 0 Å². The number of aromatic nitrogens is 3. The number of piperidine rings is 1. The van der Waals surface area contributed by atoms with Crippen LogP contribution in [-0.2, 0) is 17.3 Å². The quantitative estimate of drug-likeness (QED) is 0.872. The van der Waals surface area contributed by atoms with Crippen molar-refractivity contribution >= 4 is 5.91 Å². The fourth-order valence-electron chi connectivity index (χ4n) is 4.22. The molecule has 2 fully saturated rings. The number of hydrogen-bond acceptors (Lipinski definition) is 3. The molecule has 0 unspecified atom stereocenters. The van der Waals surface area contributed by atoms with Gasteiger partial charge in [-0.25, -0.2) is 0 Å². The maximum atomic E-state index is 13.3. The molecular formula is C19H24N4O. The van der Waals surface area contributed by atoms with Crippen molar-refractivity contribution in [3.8, 4) is 0 Å². The summed E-state index contributed by atoms with van der Waals surface area (Å²) in [5.74, 6) is 1.79. The highest BCUT2D eigenvalue weighted by Gasteiger charge is 2.48. The largest absolute Gasteiger partial charge is 0.342 e. The van der Waals surface area contributed by atoms with Crippen LogP contribution in [0.15, 0.2) is 36.7 Å². The van der Waals surface area contributed by atoms with E-state index in [9.17, 15) is 4.79 Å².